The van der Waals surface area contributed by atoms with Gasteiger partial charge in [-0.05, 0) is 35.6 Å². The highest BCUT2D eigenvalue weighted by atomic mass is 79.9. The lowest BCUT2D eigenvalue weighted by Gasteiger charge is -2.14. The molecule has 0 fully saturated rings. The van der Waals surface area contributed by atoms with E-state index in [1.165, 1.54) is 0 Å². The summed E-state index contributed by atoms with van der Waals surface area (Å²) in [5, 5.41) is 4.17. The van der Waals surface area contributed by atoms with Gasteiger partial charge in [0.25, 0.3) is 0 Å². The summed E-state index contributed by atoms with van der Waals surface area (Å²) in [6.07, 6.45) is 1.77. The average Bonchev–Trinajstić information content (AvgIpc) is 2.11. The van der Waals surface area contributed by atoms with Crippen LogP contribution in [0, 0.1) is 0 Å². The number of halogens is 1. The van der Waals surface area contributed by atoms with Crippen molar-refractivity contribution >= 4 is 24.2 Å². The maximum Gasteiger partial charge on any atom is 0.216 e. The summed E-state index contributed by atoms with van der Waals surface area (Å²) < 4.78 is 2.63. The van der Waals surface area contributed by atoms with Crippen LogP contribution in [-0.4, -0.2) is 22.7 Å². The summed E-state index contributed by atoms with van der Waals surface area (Å²) in [6.45, 7) is 6.65. The predicted molar refractivity (Wildman–Crippen MR) is 46.5 cm³/mol. The molecule has 1 aromatic heterocycles. The number of aromatic nitrogens is 3. The van der Waals surface area contributed by atoms with Crippen molar-refractivity contribution in [2.24, 2.45) is 0 Å². The molecule has 0 aliphatic heterocycles. The second kappa shape index (κ2) is 2.47. The van der Waals surface area contributed by atoms with Gasteiger partial charge >= 0.3 is 0 Å². The van der Waals surface area contributed by atoms with Gasteiger partial charge in [-0.15, -0.1) is 0 Å². The molecule has 0 bridgehead atoms. The van der Waals surface area contributed by atoms with Crippen molar-refractivity contribution in [1.82, 2.24) is 14.4 Å². The third-order valence-corrected chi connectivity index (χ3v) is 3.10. The molecule has 0 aromatic carbocycles. The largest absolute Gasteiger partial charge is 0.283 e. The van der Waals surface area contributed by atoms with Crippen LogP contribution in [0.2, 0.25) is 19.6 Å². The van der Waals surface area contributed by atoms with Crippen LogP contribution in [0.3, 0.4) is 0 Å². The van der Waals surface area contributed by atoms with E-state index in [0.29, 0.717) is 4.73 Å². The van der Waals surface area contributed by atoms with Crippen molar-refractivity contribution in [3.8, 4) is 0 Å². The molecule has 1 heterocycles. The van der Waals surface area contributed by atoms with Crippen LogP contribution in [0.4, 0.5) is 0 Å². The molecule has 0 aliphatic rings. The number of nitrogens with zero attached hydrogens (tertiary/aromatic N) is 3. The van der Waals surface area contributed by atoms with E-state index in [4.69, 9.17) is 0 Å². The summed E-state index contributed by atoms with van der Waals surface area (Å²) in [7, 11) is -1.30. The van der Waals surface area contributed by atoms with E-state index < -0.39 is 8.24 Å². The van der Waals surface area contributed by atoms with E-state index >= 15 is 0 Å². The zero-order valence-corrected chi connectivity index (χ0v) is 8.88. The summed E-state index contributed by atoms with van der Waals surface area (Å²) in [5.41, 5.74) is 0. The van der Waals surface area contributed by atoms with Crippen molar-refractivity contribution < 1.29 is 0 Å². The van der Waals surface area contributed by atoms with Crippen molar-refractivity contribution in [2.75, 3.05) is 0 Å². The Balaban J connectivity index is 2.96. The van der Waals surface area contributed by atoms with Crippen molar-refractivity contribution in [2.45, 2.75) is 19.6 Å². The van der Waals surface area contributed by atoms with E-state index in [-0.39, 0.29) is 0 Å². The Morgan fingerprint density at radius 1 is 1.50 bits per heavy atom. The minimum atomic E-state index is -1.30. The molecule has 1 rings (SSSR count). The van der Waals surface area contributed by atoms with Crippen LogP contribution < -0.4 is 0 Å². The fourth-order valence-corrected chi connectivity index (χ4v) is 1.77. The van der Waals surface area contributed by atoms with Crippen LogP contribution in [0.5, 0.6) is 0 Å². The monoisotopic (exact) mass is 219 g/mol. The van der Waals surface area contributed by atoms with Gasteiger partial charge in [0, 0.05) is 0 Å². The first-order chi connectivity index (χ1) is 4.50. The smallest absolute Gasteiger partial charge is 0.216 e. The second-order valence-electron chi connectivity index (χ2n) is 3.13. The summed E-state index contributed by atoms with van der Waals surface area (Å²) >= 11 is 3.20. The minimum absolute atomic E-state index is 0.676. The van der Waals surface area contributed by atoms with Gasteiger partial charge in [-0.3, -0.25) is 4.35 Å². The molecule has 10 heavy (non-hydrogen) atoms. The molecule has 0 N–H and O–H groups in total. The van der Waals surface area contributed by atoms with Crippen molar-refractivity contribution in [1.29, 1.82) is 0 Å². The Morgan fingerprint density at radius 2 is 2.10 bits per heavy atom. The lowest BCUT2D eigenvalue weighted by atomic mass is 11.3. The standard InChI is InChI=1S/C5H10BrN3Si/c1-10(2,3)9-4-7-5(6)8-9/h4H,1-3H3. The molecule has 0 aliphatic carbocycles. The maximum atomic E-state index is 4.17. The van der Waals surface area contributed by atoms with E-state index in [1.807, 2.05) is 4.35 Å². The quantitative estimate of drug-likeness (QED) is 0.674. The molecule has 0 saturated heterocycles. The van der Waals surface area contributed by atoms with E-state index in [2.05, 4.69) is 45.7 Å². The molecule has 0 atom stereocenters. The first kappa shape index (κ1) is 7.94. The van der Waals surface area contributed by atoms with Crippen LogP contribution in [0.25, 0.3) is 0 Å². The Hall–Kier alpha value is -0.163. The molecule has 0 spiro atoms. The first-order valence-corrected chi connectivity index (χ1v) is 7.32. The molecule has 0 amide bonds. The van der Waals surface area contributed by atoms with Crippen LogP contribution in [-0.2, 0) is 0 Å². The molecule has 0 radical (unpaired) electrons. The topological polar surface area (TPSA) is 30.7 Å². The van der Waals surface area contributed by atoms with Gasteiger partial charge in [-0.1, -0.05) is 0 Å². The molecule has 0 unspecified atom stereocenters. The molecule has 5 heteroatoms. The highest BCUT2D eigenvalue weighted by molar-refractivity contribution is 9.10. The number of hydrogen-bond donors (Lipinski definition) is 0. The molecular weight excluding hydrogens is 210 g/mol. The molecule has 56 valence electrons. The minimum Gasteiger partial charge on any atom is -0.283 e. The number of hydrogen-bond acceptors (Lipinski definition) is 2. The third kappa shape index (κ3) is 1.66. The van der Waals surface area contributed by atoms with Crippen LogP contribution >= 0.6 is 15.9 Å². The van der Waals surface area contributed by atoms with Gasteiger partial charge < -0.3 is 0 Å². The molecule has 0 saturated carbocycles. The average molecular weight is 220 g/mol. The van der Waals surface area contributed by atoms with Crippen molar-refractivity contribution in [3.05, 3.63) is 11.1 Å². The third-order valence-electron chi connectivity index (χ3n) is 1.15. The number of rotatable bonds is 1. The van der Waals surface area contributed by atoms with Gasteiger partial charge in [-0.25, -0.2) is 4.98 Å². The fraction of sp³-hybridized carbons (Fsp3) is 0.600. The molecular formula is C5H10BrN3Si. The maximum absolute atomic E-state index is 4.17. The lowest BCUT2D eigenvalue weighted by Crippen LogP contribution is -2.32. The Kier molecular flexibility index (Phi) is 1.96. The highest BCUT2D eigenvalue weighted by Crippen LogP contribution is 2.06. The second-order valence-corrected chi connectivity index (χ2v) is 8.64. The lowest BCUT2D eigenvalue weighted by molar-refractivity contribution is 0.922. The summed E-state index contributed by atoms with van der Waals surface area (Å²) in [5.74, 6) is 0. The highest BCUT2D eigenvalue weighted by Gasteiger charge is 2.17. The zero-order valence-electron chi connectivity index (χ0n) is 6.30. The Labute approximate surface area is 69.7 Å². The van der Waals surface area contributed by atoms with Crippen molar-refractivity contribution in [3.63, 3.8) is 0 Å². The van der Waals surface area contributed by atoms with Gasteiger partial charge in [0.15, 0.2) is 8.24 Å². The first-order valence-electron chi connectivity index (χ1n) is 3.08. The summed E-state index contributed by atoms with van der Waals surface area (Å²) in [6, 6.07) is 0. The van der Waals surface area contributed by atoms with Gasteiger partial charge in [0.1, 0.15) is 6.33 Å². The van der Waals surface area contributed by atoms with Crippen LogP contribution in [0.15, 0.2) is 11.1 Å². The normalized spacial score (nSPS) is 12.0. The van der Waals surface area contributed by atoms with Gasteiger partial charge in [0.2, 0.25) is 4.73 Å². The van der Waals surface area contributed by atoms with E-state index in [9.17, 15) is 0 Å². The zero-order chi connectivity index (χ0) is 7.78. The SMILES string of the molecule is C[Si](C)(C)n1cnc(Br)n1. The summed E-state index contributed by atoms with van der Waals surface area (Å²) in [4.78, 5) is 3.99. The molecule has 3 nitrogen and oxygen atoms in total. The van der Waals surface area contributed by atoms with Crippen LogP contribution in [0.1, 0.15) is 0 Å². The Morgan fingerprint density at radius 3 is 2.30 bits per heavy atom. The van der Waals surface area contributed by atoms with Gasteiger partial charge in [0.05, 0.1) is 0 Å². The Bertz CT molecular complexity index is 227. The predicted octanol–water partition coefficient (Wildman–Crippen LogP) is 1.72. The van der Waals surface area contributed by atoms with Gasteiger partial charge in [-0.2, -0.15) is 5.10 Å². The van der Waals surface area contributed by atoms with E-state index in [1.54, 1.807) is 6.33 Å². The molecule has 1 aromatic rings. The fourth-order valence-electron chi connectivity index (χ4n) is 0.566. The van der Waals surface area contributed by atoms with E-state index in [0.717, 1.165) is 0 Å².